The van der Waals surface area contributed by atoms with Gasteiger partial charge in [0.15, 0.2) is 0 Å². The highest BCUT2D eigenvalue weighted by Gasteiger charge is 2.28. The molecule has 1 heterocycles. The Balaban J connectivity index is 0.00000180. The van der Waals surface area contributed by atoms with Gasteiger partial charge in [0, 0.05) is 24.8 Å². The van der Waals surface area contributed by atoms with E-state index in [4.69, 9.17) is 10.5 Å². The molecule has 19 heavy (non-hydrogen) atoms. The summed E-state index contributed by atoms with van der Waals surface area (Å²) in [5.41, 5.74) is 5.96. The van der Waals surface area contributed by atoms with E-state index in [-0.39, 0.29) is 29.6 Å². The lowest BCUT2D eigenvalue weighted by atomic mass is 9.83. The minimum absolute atomic E-state index is 0. The SMILES string of the molecule is Cl.Cn1cc(Br)c(O[C@H]2CC[C@](C)(N)CC2)cc1=O. The van der Waals surface area contributed by atoms with Gasteiger partial charge in [-0.2, -0.15) is 0 Å². The van der Waals surface area contributed by atoms with Gasteiger partial charge in [0.05, 0.1) is 10.6 Å². The van der Waals surface area contributed by atoms with E-state index in [9.17, 15) is 4.79 Å². The van der Waals surface area contributed by atoms with Crippen LogP contribution in [-0.4, -0.2) is 16.2 Å². The van der Waals surface area contributed by atoms with E-state index in [1.807, 2.05) is 0 Å². The molecule has 0 aromatic carbocycles. The first kappa shape index (κ1) is 16.5. The van der Waals surface area contributed by atoms with Crippen LogP contribution in [0.2, 0.25) is 0 Å². The van der Waals surface area contributed by atoms with Crippen LogP contribution in [0.4, 0.5) is 0 Å². The highest BCUT2D eigenvalue weighted by atomic mass is 79.9. The zero-order valence-electron chi connectivity index (χ0n) is 11.2. The van der Waals surface area contributed by atoms with Gasteiger partial charge in [-0.05, 0) is 48.5 Å². The Labute approximate surface area is 127 Å². The van der Waals surface area contributed by atoms with Crippen molar-refractivity contribution in [2.75, 3.05) is 0 Å². The normalized spacial score (nSPS) is 26.6. The van der Waals surface area contributed by atoms with Gasteiger partial charge in [0.25, 0.3) is 5.56 Å². The van der Waals surface area contributed by atoms with E-state index in [1.165, 1.54) is 10.6 Å². The number of rotatable bonds is 2. The fourth-order valence-corrected chi connectivity index (χ4v) is 2.73. The third-order valence-corrected chi connectivity index (χ3v) is 4.11. The highest BCUT2D eigenvalue weighted by molar-refractivity contribution is 9.10. The number of aryl methyl sites for hydroxylation is 1. The van der Waals surface area contributed by atoms with E-state index in [0.29, 0.717) is 5.75 Å². The lowest BCUT2D eigenvalue weighted by molar-refractivity contribution is 0.123. The van der Waals surface area contributed by atoms with Gasteiger partial charge in [0.1, 0.15) is 5.75 Å². The maximum Gasteiger partial charge on any atom is 0.254 e. The molecule has 0 unspecified atom stereocenters. The number of hydrogen-bond donors (Lipinski definition) is 1. The second-order valence-corrected chi connectivity index (χ2v) is 6.26. The maximum atomic E-state index is 11.6. The van der Waals surface area contributed by atoms with Gasteiger partial charge in [0.2, 0.25) is 0 Å². The average molecular weight is 352 g/mol. The lowest BCUT2D eigenvalue weighted by Crippen LogP contribution is -2.42. The monoisotopic (exact) mass is 350 g/mol. The van der Waals surface area contributed by atoms with Gasteiger partial charge in [-0.1, -0.05) is 0 Å². The van der Waals surface area contributed by atoms with E-state index in [1.54, 1.807) is 13.2 Å². The largest absolute Gasteiger partial charge is 0.489 e. The van der Waals surface area contributed by atoms with Crippen molar-refractivity contribution in [1.29, 1.82) is 0 Å². The molecule has 1 aromatic rings. The Hall–Kier alpha value is -0.520. The molecule has 1 aliphatic rings. The van der Waals surface area contributed by atoms with Crippen LogP contribution in [0.25, 0.3) is 0 Å². The van der Waals surface area contributed by atoms with E-state index < -0.39 is 0 Å². The first-order valence-corrected chi connectivity index (χ1v) is 6.98. The molecule has 108 valence electrons. The number of pyridine rings is 1. The van der Waals surface area contributed by atoms with Crippen molar-refractivity contribution in [3.63, 3.8) is 0 Å². The van der Waals surface area contributed by atoms with Crippen LogP contribution in [0.1, 0.15) is 32.6 Å². The summed E-state index contributed by atoms with van der Waals surface area (Å²) in [4.78, 5) is 11.6. The Morgan fingerprint density at radius 3 is 2.63 bits per heavy atom. The van der Waals surface area contributed by atoms with Crippen molar-refractivity contribution in [1.82, 2.24) is 4.57 Å². The summed E-state index contributed by atoms with van der Waals surface area (Å²) >= 11 is 3.42. The number of halogens is 2. The standard InChI is InChI=1S/C13H19BrN2O2.ClH/c1-13(15)5-3-9(4-6-13)18-11-7-12(17)16(2)8-10(11)14;/h7-9H,3-6,15H2,1-2H3;1H/t9-,13-;. The smallest absolute Gasteiger partial charge is 0.254 e. The third-order valence-electron chi connectivity index (χ3n) is 3.51. The zero-order valence-corrected chi connectivity index (χ0v) is 13.6. The number of ether oxygens (including phenoxy) is 1. The van der Waals surface area contributed by atoms with Crippen molar-refractivity contribution in [3.05, 3.63) is 27.1 Å². The molecule has 0 spiro atoms. The van der Waals surface area contributed by atoms with E-state index in [0.717, 1.165) is 30.2 Å². The molecule has 2 rings (SSSR count). The van der Waals surface area contributed by atoms with Gasteiger partial charge < -0.3 is 15.0 Å². The Bertz CT molecular complexity index is 492. The van der Waals surface area contributed by atoms with Crippen LogP contribution in [0, 0.1) is 0 Å². The van der Waals surface area contributed by atoms with Crippen molar-refractivity contribution >= 4 is 28.3 Å². The molecule has 0 radical (unpaired) electrons. The predicted molar refractivity (Wildman–Crippen MR) is 82.1 cm³/mol. The van der Waals surface area contributed by atoms with Crippen LogP contribution in [-0.2, 0) is 7.05 Å². The highest BCUT2D eigenvalue weighted by Crippen LogP contribution is 2.31. The summed E-state index contributed by atoms with van der Waals surface area (Å²) in [5, 5.41) is 0. The predicted octanol–water partition coefficient (Wildman–Crippen LogP) is 2.61. The van der Waals surface area contributed by atoms with Gasteiger partial charge in [-0.15, -0.1) is 12.4 Å². The summed E-state index contributed by atoms with van der Waals surface area (Å²) in [7, 11) is 1.72. The van der Waals surface area contributed by atoms with Crippen molar-refractivity contribution < 1.29 is 4.74 Å². The molecular weight excluding hydrogens is 332 g/mol. The first-order valence-electron chi connectivity index (χ1n) is 6.19. The quantitative estimate of drug-likeness (QED) is 0.891. The molecule has 0 aliphatic heterocycles. The molecule has 1 aromatic heterocycles. The fraction of sp³-hybridized carbons (Fsp3) is 0.615. The minimum atomic E-state index is -0.0656. The third kappa shape index (κ3) is 4.23. The second kappa shape index (κ2) is 6.29. The minimum Gasteiger partial charge on any atom is -0.489 e. The molecular formula is C13H20BrClN2O2. The molecule has 0 amide bonds. The molecule has 2 N–H and O–H groups in total. The van der Waals surface area contributed by atoms with Gasteiger partial charge in [-0.25, -0.2) is 0 Å². The van der Waals surface area contributed by atoms with Gasteiger partial charge >= 0.3 is 0 Å². The van der Waals surface area contributed by atoms with Crippen LogP contribution in [0.15, 0.2) is 21.5 Å². The first-order chi connectivity index (χ1) is 8.37. The van der Waals surface area contributed by atoms with Crippen LogP contribution in [0.3, 0.4) is 0 Å². The summed E-state index contributed by atoms with van der Waals surface area (Å²) in [5.74, 6) is 0.628. The molecule has 6 heteroatoms. The fourth-order valence-electron chi connectivity index (χ4n) is 2.22. The molecule has 0 bridgehead atoms. The zero-order chi connectivity index (χ0) is 13.3. The average Bonchev–Trinajstić information content (AvgIpc) is 2.28. The van der Waals surface area contributed by atoms with Crippen LogP contribution >= 0.6 is 28.3 Å². The Morgan fingerprint density at radius 1 is 1.47 bits per heavy atom. The Morgan fingerprint density at radius 2 is 2.05 bits per heavy atom. The molecule has 1 aliphatic carbocycles. The second-order valence-electron chi connectivity index (χ2n) is 5.41. The molecule has 4 nitrogen and oxygen atoms in total. The van der Waals surface area contributed by atoms with Crippen LogP contribution < -0.4 is 16.0 Å². The molecule has 0 atom stereocenters. The summed E-state index contributed by atoms with van der Waals surface area (Å²) in [6.07, 6.45) is 5.68. The van der Waals surface area contributed by atoms with Crippen molar-refractivity contribution in [3.8, 4) is 5.75 Å². The number of nitrogens with zero attached hydrogens (tertiary/aromatic N) is 1. The molecule has 1 saturated carbocycles. The Kier molecular flexibility index (Phi) is 5.47. The number of nitrogens with two attached hydrogens (primary N) is 1. The van der Waals surface area contributed by atoms with Crippen LogP contribution in [0.5, 0.6) is 5.75 Å². The van der Waals surface area contributed by atoms with E-state index in [2.05, 4.69) is 22.9 Å². The summed E-state index contributed by atoms with van der Waals surface area (Å²) in [6.45, 7) is 2.08. The molecule has 1 fully saturated rings. The maximum absolute atomic E-state index is 11.6. The van der Waals surface area contributed by atoms with Crippen molar-refractivity contribution in [2.24, 2.45) is 12.8 Å². The number of hydrogen-bond acceptors (Lipinski definition) is 3. The van der Waals surface area contributed by atoms with Gasteiger partial charge in [-0.3, -0.25) is 4.79 Å². The molecule has 0 saturated heterocycles. The summed E-state index contributed by atoms with van der Waals surface area (Å²) < 4.78 is 8.23. The number of aromatic nitrogens is 1. The lowest BCUT2D eigenvalue weighted by Gasteiger charge is -2.34. The van der Waals surface area contributed by atoms with E-state index >= 15 is 0 Å². The van der Waals surface area contributed by atoms with Crippen molar-refractivity contribution in [2.45, 2.75) is 44.2 Å². The summed E-state index contributed by atoms with van der Waals surface area (Å²) in [6, 6.07) is 1.53. The topological polar surface area (TPSA) is 57.2 Å².